The highest BCUT2D eigenvalue weighted by Gasteiger charge is 2.37. The van der Waals surface area contributed by atoms with Crippen molar-refractivity contribution in [1.82, 2.24) is 20.1 Å². The number of rotatable bonds is 12. The fourth-order valence-electron chi connectivity index (χ4n) is 5.47. The molecule has 250 valence electrons. The van der Waals surface area contributed by atoms with Crippen LogP contribution in [0.25, 0.3) is 0 Å². The van der Waals surface area contributed by atoms with Crippen molar-refractivity contribution in [1.29, 1.82) is 0 Å². The van der Waals surface area contributed by atoms with Crippen LogP contribution in [0.4, 0.5) is 4.79 Å². The fraction of sp³-hybridized carbons (Fsp3) is 0.364. The Morgan fingerprint density at radius 3 is 2.32 bits per heavy atom. The van der Waals surface area contributed by atoms with Crippen molar-refractivity contribution in [2.75, 3.05) is 41.5 Å². The Morgan fingerprint density at radius 1 is 1.04 bits per heavy atom. The van der Waals surface area contributed by atoms with E-state index in [1.165, 1.54) is 39.8 Å². The summed E-state index contributed by atoms with van der Waals surface area (Å²) in [6.45, 7) is 2.04. The van der Waals surface area contributed by atoms with Crippen molar-refractivity contribution in [3.63, 3.8) is 0 Å². The van der Waals surface area contributed by atoms with Gasteiger partial charge in [-0.05, 0) is 48.2 Å². The van der Waals surface area contributed by atoms with Crippen LogP contribution >= 0.6 is 23.8 Å². The molecular formula is C33H37ClN4O8S. The number of aromatic nitrogens is 1. The first-order valence-corrected chi connectivity index (χ1v) is 15.5. The van der Waals surface area contributed by atoms with Gasteiger partial charge in [-0.3, -0.25) is 14.7 Å². The van der Waals surface area contributed by atoms with Crippen molar-refractivity contribution in [2.24, 2.45) is 5.92 Å². The first-order chi connectivity index (χ1) is 22.5. The van der Waals surface area contributed by atoms with Gasteiger partial charge in [-0.15, -0.1) is 0 Å². The molecule has 3 aromatic rings. The van der Waals surface area contributed by atoms with E-state index in [1.54, 1.807) is 37.4 Å². The average Bonchev–Trinajstić information content (AvgIpc) is 3.18. The molecule has 14 heteroatoms. The molecule has 2 N–H and O–H groups in total. The van der Waals surface area contributed by atoms with Gasteiger partial charge in [0.15, 0.2) is 0 Å². The minimum Gasteiger partial charge on any atom is -0.496 e. The first kappa shape index (κ1) is 35.2. The number of amides is 3. The maximum atomic E-state index is 14.2. The lowest BCUT2D eigenvalue weighted by Gasteiger charge is -2.27. The van der Waals surface area contributed by atoms with E-state index in [9.17, 15) is 19.5 Å². The molecule has 0 radical (unpaired) electrons. The highest BCUT2D eigenvalue weighted by molar-refractivity contribution is 7.80. The number of carboxylic acid groups (broad SMARTS) is 1. The molecule has 2 aromatic carbocycles. The molecule has 4 rings (SSSR count). The molecule has 2 atom stereocenters. The van der Waals surface area contributed by atoms with E-state index >= 15 is 0 Å². The first-order valence-electron chi connectivity index (χ1n) is 14.7. The number of pyridine rings is 1. The summed E-state index contributed by atoms with van der Waals surface area (Å²) in [5.41, 5.74) is 1.84. The molecular weight excluding hydrogens is 648 g/mol. The summed E-state index contributed by atoms with van der Waals surface area (Å²) in [4.78, 5) is 47.0. The van der Waals surface area contributed by atoms with Crippen molar-refractivity contribution < 1.29 is 38.4 Å². The van der Waals surface area contributed by atoms with Crippen LogP contribution in [0, 0.1) is 5.92 Å². The molecule has 1 aliphatic heterocycles. The van der Waals surface area contributed by atoms with E-state index in [2.05, 4.69) is 10.3 Å². The van der Waals surface area contributed by atoms with Gasteiger partial charge in [-0.1, -0.05) is 30.7 Å². The number of hydrogen-bond donors (Lipinski definition) is 2. The van der Waals surface area contributed by atoms with Crippen LogP contribution in [0.3, 0.4) is 0 Å². The summed E-state index contributed by atoms with van der Waals surface area (Å²) >= 11 is 12.2. The van der Waals surface area contributed by atoms with Crippen LogP contribution in [-0.2, 0) is 17.8 Å². The number of urea groups is 1. The van der Waals surface area contributed by atoms with E-state index in [0.717, 1.165) is 4.90 Å². The van der Waals surface area contributed by atoms with Crippen LogP contribution in [0.1, 0.15) is 46.4 Å². The topological polar surface area (TPSA) is 140 Å². The zero-order chi connectivity index (χ0) is 34.2. The number of thiocarbonyl (C=S) groups is 1. The quantitative estimate of drug-likeness (QED) is 0.245. The van der Waals surface area contributed by atoms with Gasteiger partial charge >= 0.3 is 12.0 Å². The van der Waals surface area contributed by atoms with E-state index in [4.69, 9.17) is 42.8 Å². The Morgan fingerprint density at radius 2 is 1.72 bits per heavy atom. The summed E-state index contributed by atoms with van der Waals surface area (Å²) in [7, 11) is 6.15. The second kappa shape index (κ2) is 15.8. The van der Waals surface area contributed by atoms with Gasteiger partial charge in [0.1, 0.15) is 23.0 Å². The molecule has 3 amide bonds. The molecule has 1 fully saturated rings. The lowest BCUT2D eigenvalue weighted by Crippen LogP contribution is -2.48. The Bertz CT molecular complexity index is 1630. The third kappa shape index (κ3) is 8.22. The number of nitrogens with zero attached hydrogens (tertiary/aromatic N) is 3. The molecule has 1 aliphatic rings. The van der Waals surface area contributed by atoms with Gasteiger partial charge in [-0.25, -0.2) is 9.59 Å². The summed E-state index contributed by atoms with van der Waals surface area (Å²) in [6, 6.07) is 8.78. The number of carboxylic acids is 1. The van der Waals surface area contributed by atoms with E-state index in [-0.39, 0.29) is 31.6 Å². The molecule has 0 bridgehead atoms. The van der Waals surface area contributed by atoms with Crippen molar-refractivity contribution in [3.8, 4) is 23.0 Å². The van der Waals surface area contributed by atoms with Crippen LogP contribution in [0.2, 0.25) is 5.02 Å². The standard InChI is InChI=1S/C33H37ClN4O8S/c1-6-26(20-10-21(32(40)41)15-35-14-20)36-33(42)38-18-30(47)37(17-25-28(45-4)12-24(43-2)13-29(25)46-5)16-22(31(38)39)9-19-11-23(34)7-8-27(19)44-3/h7-8,10-15,22,26H,6,9,16-18H2,1-5H3,(H,36,42)(H,40,41)/t22-,26-/m1/s1. The number of halogens is 1. The van der Waals surface area contributed by atoms with E-state index in [0.29, 0.717) is 56.1 Å². The summed E-state index contributed by atoms with van der Waals surface area (Å²) in [5.74, 6) is -0.240. The number of carbonyl (C=O) groups excluding carboxylic acids is 2. The molecule has 2 heterocycles. The summed E-state index contributed by atoms with van der Waals surface area (Å²) in [5, 5.41) is 12.8. The maximum absolute atomic E-state index is 14.2. The van der Waals surface area contributed by atoms with E-state index < -0.39 is 29.9 Å². The van der Waals surface area contributed by atoms with Crippen molar-refractivity contribution in [3.05, 3.63) is 76.1 Å². The number of imide groups is 1. The Hall–Kier alpha value is -4.62. The predicted molar refractivity (Wildman–Crippen MR) is 179 cm³/mol. The van der Waals surface area contributed by atoms with Crippen LogP contribution in [0.15, 0.2) is 48.8 Å². The number of carbonyl (C=O) groups is 3. The molecule has 0 unspecified atom stereocenters. The summed E-state index contributed by atoms with van der Waals surface area (Å²) < 4.78 is 22.3. The highest BCUT2D eigenvalue weighted by atomic mass is 35.5. The van der Waals surface area contributed by atoms with E-state index in [1.807, 2.05) is 11.8 Å². The molecule has 0 aliphatic carbocycles. The predicted octanol–water partition coefficient (Wildman–Crippen LogP) is 5.16. The lowest BCUT2D eigenvalue weighted by molar-refractivity contribution is -0.131. The smallest absolute Gasteiger partial charge is 0.337 e. The Kier molecular flexibility index (Phi) is 11.8. The molecule has 12 nitrogen and oxygen atoms in total. The van der Waals surface area contributed by atoms with Crippen LogP contribution in [0.5, 0.6) is 23.0 Å². The maximum Gasteiger partial charge on any atom is 0.337 e. The fourth-order valence-corrected chi connectivity index (χ4v) is 5.93. The van der Waals surface area contributed by atoms with Crippen LogP contribution in [-0.4, -0.2) is 84.3 Å². The average molecular weight is 685 g/mol. The number of aromatic carboxylic acids is 1. The van der Waals surface area contributed by atoms with Gasteiger partial charge in [0.2, 0.25) is 5.91 Å². The summed E-state index contributed by atoms with van der Waals surface area (Å²) in [6.07, 6.45) is 3.33. The molecule has 47 heavy (non-hydrogen) atoms. The molecule has 1 saturated heterocycles. The van der Waals surface area contributed by atoms with Gasteiger partial charge < -0.3 is 34.3 Å². The van der Waals surface area contributed by atoms with Crippen molar-refractivity contribution in [2.45, 2.75) is 32.4 Å². The van der Waals surface area contributed by atoms with Crippen LogP contribution < -0.4 is 24.3 Å². The Labute approximate surface area is 283 Å². The monoisotopic (exact) mass is 684 g/mol. The zero-order valence-electron chi connectivity index (χ0n) is 26.7. The SMILES string of the molecule is CC[C@@H](NC(=O)N1CC(=S)N(Cc2c(OC)cc(OC)cc2OC)C[C@@H](Cc2cc(Cl)ccc2OC)C1=O)c1cncc(C(=O)O)c1. The third-order valence-corrected chi connectivity index (χ3v) is 8.56. The number of hydrogen-bond acceptors (Lipinski definition) is 9. The largest absolute Gasteiger partial charge is 0.496 e. The van der Waals surface area contributed by atoms with Gasteiger partial charge in [0.05, 0.1) is 69.6 Å². The van der Waals surface area contributed by atoms with Gasteiger partial charge in [0, 0.05) is 36.1 Å². The Balaban J connectivity index is 1.71. The van der Waals surface area contributed by atoms with Gasteiger partial charge in [-0.2, -0.15) is 0 Å². The number of ether oxygens (including phenoxy) is 4. The molecule has 0 spiro atoms. The zero-order valence-corrected chi connectivity index (χ0v) is 28.3. The minimum absolute atomic E-state index is 0.0159. The molecule has 0 saturated carbocycles. The lowest BCUT2D eigenvalue weighted by atomic mass is 9.96. The van der Waals surface area contributed by atoms with Gasteiger partial charge in [0.25, 0.3) is 0 Å². The molecule has 1 aromatic heterocycles. The normalized spacial score (nSPS) is 15.5. The minimum atomic E-state index is -1.14. The number of methoxy groups -OCH3 is 4. The second-order valence-electron chi connectivity index (χ2n) is 10.8. The number of nitrogens with one attached hydrogen (secondary N) is 1. The number of benzene rings is 2. The third-order valence-electron chi connectivity index (χ3n) is 7.94. The highest BCUT2D eigenvalue weighted by Crippen LogP contribution is 2.36. The van der Waals surface area contributed by atoms with Crippen molar-refractivity contribution >= 4 is 46.7 Å². The second-order valence-corrected chi connectivity index (χ2v) is 11.7.